The average molecular weight is 289 g/mol. The molecule has 0 spiro atoms. The van der Waals surface area contributed by atoms with E-state index in [4.69, 9.17) is 10.5 Å². The molecule has 0 aliphatic rings. The van der Waals surface area contributed by atoms with Gasteiger partial charge in [0.15, 0.2) is 0 Å². The fraction of sp³-hybridized carbons (Fsp3) is 0.263. The van der Waals surface area contributed by atoms with Crippen molar-refractivity contribution in [1.29, 1.82) is 10.5 Å². The first-order chi connectivity index (χ1) is 10.5. The Hall–Kier alpha value is -2.78. The number of rotatable bonds is 3. The van der Waals surface area contributed by atoms with Crippen molar-refractivity contribution in [3.05, 3.63) is 47.5 Å². The number of hydrogen-bond donors (Lipinski definition) is 0. The largest absolute Gasteiger partial charge is 0.372 e. The third kappa shape index (κ3) is 2.95. The van der Waals surface area contributed by atoms with Crippen LogP contribution in [0.25, 0.3) is 16.3 Å². The van der Waals surface area contributed by atoms with Crippen LogP contribution in [0.15, 0.2) is 42.0 Å². The first-order valence-electron chi connectivity index (χ1n) is 7.26. The standard InChI is InChI=1S/C19H19N3/c1-13(2)22(4)19-8-7-16-9-15(5-6-17(16)10-19)14(3)18(11-20)12-21/h5-10,13H,1-4H3. The molecule has 2 rings (SSSR count). The smallest absolute Gasteiger partial charge is 0.133 e. The lowest BCUT2D eigenvalue weighted by Crippen LogP contribution is -2.25. The summed E-state index contributed by atoms with van der Waals surface area (Å²) in [5, 5.41) is 20.2. The molecule has 110 valence electrons. The Bertz CT molecular complexity index is 801. The highest BCUT2D eigenvalue weighted by Crippen LogP contribution is 2.26. The van der Waals surface area contributed by atoms with E-state index in [1.807, 2.05) is 37.3 Å². The highest BCUT2D eigenvalue weighted by Gasteiger charge is 2.08. The van der Waals surface area contributed by atoms with Gasteiger partial charge in [0.05, 0.1) is 0 Å². The van der Waals surface area contributed by atoms with Gasteiger partial charge in [-0.2, -0.15) is 10.5 Å². The van der Waals surface area contributed by atoms with Crippen LogP contribution in [-0.4, -0.2) is 13.1 Å². The van der Waals surface area contributed by atoms with Crippen molar-refractivity contribution in [2.24, 2.45) is 0 Å². The lowest BCUT2D eigenvalue weighted by atomic mass is 9.99. The number of benzene rings is 2. The van der Waals surface area contributed by atoms with E-state index in [1.165, 1.54) is 5.69 Å². The number of fused-ring (bicyclic) bond motifs is 1. The summed E-state index contributed by atoms with van der Waals surface area (Å²) < 4.78 is 0. The minimum absolute atomic E-state index is 0.163. The number of nitriles is 2. The third-order valence-corrected chi connectivity index (χ3v) is 4.04. The van der Waals surface area contributed by atoms with E-state index in [0.29, 0.717) is 6.04 Å². The zero-order chi connectivity index (χ0) is 16.3. The molecule has 0 atom stereocenters. The van der Waals surface area contributed by atoms with E-state index < -0.39 is 0 Å². The zero-order valence-corrected chi connectivity index (χ0v) is 13.4. The van der Waals surface area contributed by atoms with Crippen molar-refractivity contribution < 1.29 is 0 Å². The normalized spacial score (nSPS) is 10.1. The first kappa shape index (κ1) is 15.6. The number of allylic oxidation sites excluding steroid dienone is 2. The summed E-state index contributed by atoms with van der Waals surface area (Å²) in [5.74, 6) is 0. The molecule has 22 heavy (non-hydrogen) atoms. The van der Waals surface area contributed by atoms with Gasteiger partial charge in [-0.1, -0.05) is 18.2 Å². The Balaban J connectivity index is 2.51. The Labute approximate surface area is 131 Å². The van der Waals surface area contributed by atoms with Crippen LogP contribution in [0, 0.1) is 22.7 Å². The Morgan fingerprint density at radius 2 is 1.59 bits per heavy atom. The maximum absolute atomic E-state index is 8.98. The molecule has 0 heterocycles. The predicted molar refractivity (Wildman–Crippen MR) is 91.3 cm³/mol. The molecular formula is C19H19N3. The van der Waals surface area contributed by atoms with Crippen molar-refractivity contribution in [3.8, 4) is 12.1 Å². The molecule has 0 aliphatic carbocycles. The molecular weight excluding hydrogens is 270 g/mol. The summed E-state index contributed by atoms with van der Waals surface area (Å²) in [4.78, 5) is 2.22. The van der Waals surface area contributed by atoms with Gasteiger partial charge in [0.25, 0.3) is 0 Å². The number of nitrogens with zero attached hydrogens (tertiary/aromatic N) is 3. The Kier molecular flexibility index (Phi) is 4.49. The summed E-state index contributed by atoms with van der Waals surface area (Å²) in [6, 6.07) is 16.7. The second kappa shape index (κ2) is 6.33. The third-order valence-electron chi connectivity index (χ3n) is 4.04. The molecule has 0 fully saturated rings. The molecule has 3 heteroatoms. The zero-order valence-electron chi connectivity index (χ0n) is 13.4. The summed E-state index contributed by atoms with van der Waals surface area (Å²) in [6.07, 6.45) is 0. The van der Waals surface area contributed by atoms with Gasteiger partial charge < -0.3 is 4.90 Å². The van der Waals surface area contributed by atoms with Gasteiger partial charge in [-0.15, -0.1) is 0 Å². The van der Waals surface area contributed by atoms with Gasteiger partial charge in [0.2, 0.25) is 0 Å². The van der Waals surface area contributed by atoms with Crippen LogP contribution in [0.2, 0.25) is 0 Å². The minimum atomic E-state index is 0.163. The SMILES string of the molecule is CC(=C(C#N)C#N)c1ccc2cc(N(C)C(C)C)ccc2c1. The average Bonchev–Trinajstić information content (AvgIpc) is 2.54. The molecule has 2 aromatic rings. The fourth-order valence-corrected chi connectivity index (χ4v) is 2.32. The topological polar surface area (TPSA) is 50.8 Å². The molecule has 0 saturated heterocycles. The number of hydrogen-bond acceptors (Lipinski definition) is 3. The van der Waals surface area contributed by atoms with Crippen molar-refractivity contribution in [2.45, 2.75) is 26.8 Å². The first-order valence-corrected chi connectivity index (χ1v) is 7.26. The summed E-state index contributed by atoms with van der Waals surface area (Å²) in [5.41, 5.74) is 2.97. The highest BCUT2D eigenvalue weighted by atomic mass is 15.1. The van der Waals surface area contributed by atoms with Crippen LogP contribution < -0.4 is 4.90 Å². The molecule has 0 aromatic heterocycles. The van der Waals surface area contributed by atoms with E-state index in [1.54, 1.807) is 0 Å². The predicted octanol–water partition coefficient (Wildman–Crippen LogP) is 4.51. The van der Waals surface area contributed by atoms with E-state index in [2.05, 4.69) is 44.0 Å². The van der Waals surface area contributed by atoms with Crippen LogP contribution in [-0.2, 0) is 0 Å². The van der Waals surface area contributed by atoms with Crippen LogP contribution in [0.5, 0.6) is 0 Å². The molecule has 2 aromatic carbocycles. The summed E-state index contributed by atoms with van der Waals surface area (Å²) >= 11 is 0. The monoisotopic (exact) mass is 289 g/mol. The molecule has 0 unspecified atom stereocenters. The lowest BCUT2D eigenvalue weighted by molar-refractivity contribution is 0.755. The van der Waals surface area contributed by atoms with Crippen LogP contribution in [0.1, 0.15) is 26.3 Å². The van der Waals surface area contributed by atoms with E-state index in [9.17, 15) is 0 Å². The van der Waals surface area contributed by atoms with Gasteiger partial charge >= 0.3 is 0 Å². The summed E-state index contributed by atoms with van der Waals surface area (Å²) in [7, 11) is 2.08. The van der Waals surface area contributed by atoms with Gasteiger partial charge in [-0.25, -0.2) is 0 Å². The highest BCUT2D eigenvalue weighted by molar-refractivity contribution is 5.89. The van der Waals surface area contributed by atoms with E-state index in [-0.39, 0.29) is 5.57 Å². The van der Waals surface area contributed by atoms with Gasteiger partial charge in [0, 0.05) is 18.8 Å². The van der Waals surface area contributed by atoms with Gasteiger partial charge in [-0.3, -0.25) is 0 Å². The summed E-state index contributed by atoms with van der Waals surface area (Å²) in [6.45, 7) is 6.13. The maximum atomic E-state index is 8.98. The number of anilines is 1. The second-order valence-electron chi connectivity index (χ2n) is 5.67. The second-order valence-corrected chi connectivity index (χ2v) is 5.67. The van der Waals surface area contributed by atoms with Crippen LogP contribution in [0.3, 0.4) is 0 Å². The minimum Gasteiger partial charge on any atom is -0.372 e. The Morgan fingerprint density at radius 3 is 2.18 bits per heavy atom. The van der Waals surface area contributed by atoms with Crippen LogP contribution >= 0.6 is 0 Å². The molecule has 0 N–H and O–H groups in total. The van der Waals surface area contributed by atoms with Crippen molar-refractivity contribution >= 4 is 22.0 Å². The van der Waals surface area contributed by atoms with Crippen molar-refractivity contribution in [3.63, 3.8) is 0 Å². The lowest BCUT2D eigenvalue weighted by Gasteiger charge is -2.24. The molecule has 0 saturated carbocycles. The van der Waals surface area contributed by atoms with E-state index >= 15 is 0 Å². The van der Waals surface area contributed by atoms with Crippen molar-refractivity contribution in [2.75, 3.05) is 11.9 Å². The molecule has 0 radical (unpaired) electrons. The van der Waals surface area contributed by atoms with E-state index in [0.717, 1.165) is 21.9 Å². The molecule has 0 aliphatic heterocycles. The van der Waals surface area contributed by atoms with Crippen molar-refractivity contribution in [1.82, 2.24) is 0 Å². The van der Waals surface area contributed by atoms with Gasteiger partial charge in [0.1, 0.15) is 17.7 Å². The quantitative estimate of drug-likeness (QED) is 0.781. The van der Waals surface area contributed by atoms with Crippen LogP contribution in [0.4, 0.5) is 5.69 Å². The van der Waals surface area contributed by atoms with Gasteiger partial charge in [-0.05, 0) is 60.9 Å². The Morgan fingerprint density at radius 1 is 1.00 bits per heavy atom. The molecule has 0 amide bonds. The molecule has 3 nitrogen and oxygen atoms in total. The fourth-order valence-electron chi connectivity index (χ4n) is 2.32. The molecule has 0 bridgehead atoms. The maximum Gasteiger partial charge on any atom is 0.133 e.